The standard InChI is InChI=1S/C13H12BrN3O4/c14-8-3-1-7(2-4-8)10-11(19)16-13(21)17(12(10)20)6-5-9(15)18/h1-4,20H,5-6H2,(H2,15,18)(H,16,19,21). The Kier molecular flexibility index (Phi) is 4.27. The molecule has 0 aliphatic carbocycles. The van der Waals surface area contributed by atoms with Crippen LogP contribution < -0.4 is 17.0 Å². The number of primary amides is 1. The number of hydrogen-bond donors (Lipinski definition) is 3. The number of nitrogens with two attached hydrogens (primary N) is 1. The number of amides is 1. The predicted molar refractivity (Wildman–Crippen MR) is 79.9 cm³/mol. The van der Waals surface area contributed by atoms with Gasteiger partial charge in [-0.05, 0) is 17.7 Å². The SMILES string of the molecule is NC(=O)CCn1c(O)c(-c2ccc(Br)cc2)c(=O)[nH]c1=O. The van der Waals surface area contributed by atoms with E-state index < -0.39 is 23.0 Å². The van der Waals surface area contributed by atoms with E-state index >= 15 is 0 Å². The van der Waals surface area contributed by atoms with Crippen LogP contribution in [0.15, 0.2) is 38.3 Å². The molecule has 2 aromatic rings. The van der Waals surface area contributed by atoms with Crippen molar-refractivity contribution in [1.82, 2.24) is 9.55 Å². The fraction of sp³-hybridized carbons (Fsp3) is 0.154. The van der Waals surface area contributed by atoms with Crippen molar-refractivity contribution in [2.45, 2.75) is 13.0 Å². The second kappa shape index (κ2) is 5.96. The van der Waals surface area contributed by atoms with E-state index in [-0.39, 0.29) is 18.5 Å². The molecule has 1 amide bonds. The number of H-pyrrole nitrogens is 1. The molecule has 110 valence electrons. The molecule has 0 unspecified atom stereocenters. The first-order chi connectivity index (χ1) is 9.90. The smallest absolute Gasteiger partial charge is 0.331 e. The van der Waals surface area contributed by atoms with Crippen molar-refractivity contribution >= 4 is 21.8 Å². The lowest BCUT2D eigenvalue weighted by Crippen LogP contribution is -2.32. The van der Waals surface area contributed by atoms with Gasteiger partial charge in [0, 0.05) is 17.4 Å². The van der Waals surface area contributed by atoms with Gasteiger partial charge in [-0.3, -0.25) is 19.1 Å². The van der Waals surface area contributed by atoms with E-state index in [4.69, 9.17) is 5.73 Å². The summed E-state index contributed by atoms with van der Waals surface area (Å²) in [5.74, 6) is -1.11. The second-order valence-electron chi connectivity index (χ2n) is 4.33. The number of benzene rings is 1. The van der Waals surface area contributed by atoms with Gasteiger partial charge in [0.05, 0.1) is 0 Å². The Morgan fingerprint density at radius 1 is 1.29 bits per heavy atom. The fourth-order valence-corrected chi connectivity index (χ4v) is 2.13. The number of nitrogens with zero attached hydrogens (tertiary/aromatic N) is 1. The van der Waals surface area contributed by atoms with Gasteiger partial charge in [0.15, 0.2) is 0 Å². The number of nitrogens with one attached hydrogen (secondary N) is 1. The Hall–Kier alpha value is -2.35. The summed E-state index contributed by atoms with van der Waals surface area (Å²) in [5, 5.41) is 10.2. The topological polar surface area (TPSA) is 118 Å². The van der Waals surface area contributed by atoms with Crippen LogP contribution in [0.1, 0.15) is 6.42 Å². The average Bonchev–Trinajstić information content (AvgIpc) is 2.40. The van der Waals surface area contributed by atoms with Gasteiger partial charge in [-0.15, -0.1) is 0 Å². The molecule has 0 aliphatic heterocycles. The summed E-state index contributed by atoms with van der Waals surface area (Å²) in [4.78, 5) is 36.5. The van der Waals surface area contributed by atoms with Crippen molar-refractivity contribution in [3.05, 3.63) is 49.6 Å². The maximum Gasteiger partial charge on any atom is 0.331 e. The molecule has 0 bridgehead atoms. The molecule has 0 atom stereocenters. The molecule has 1 aromatic heterocycles. The van der Waals surface area contributed by atoms with Crippen molar-refractivity contribution in [3.8, 4) is 17.0 Å². The molecule has 0 spiro atoms. The maximum atomic E-state index is 11.9. The van der Waals surface area contributed by atoms with Gasteiger partial charge in [-0.2, -0.15) is 0 Å². The van der Waals surface area contributed by atoms with Crippen molar-refractivity contribution in [2.75, 3.05) is 0 Å². The number of aromatic hydroxyl groups is 1. The molecule has 0 aliphatic rings. The molecule has 2 rings (SSSR count). The lowest BCUT2D eigenvalue weighted by molar-refractivity contribution is -0.118. The molecule has 1 heterocycles. The normalized spacial score (nSPS) is 10.5. The van der Waals surface area contributed by atoms with Crippen molar-refractivity contribution < 1.29 is 9.90 Å². The van der Waals surface area contributed by atoms with Crippen LogP contribution in [-0.4, -0.2) is 20.6 Å². The van der Waals surface area contributed by atoms with Gasteiger partial charge in [0.25, 0.3) is 5.56 Å². The first-order valence-electron chi connectivity index (χ1n) is 6.00. The quantitative estimate of drug-likeness (QED) is 0.743. The molecular weight excluding hydrogens is 342 g/mol. The molecule has 8 heteroatoms. The average molecular weight is 354 g/mol. The number of halogens is 1. The molecule has 0 fully saturated rings. The van der Waals surface area contributed by atoms with E-state index in [0.29, 0.717) is 5.56 Å². The van der Waals surface area contributed by atoms with E-state index in [2.05, 4.69) is 20.9 Å². The third-order valence-electron chi connectivity index (χ3n) is 2.89. The monoisotopic (exact) mass is 353 g/mol. The first-order valence-corrected chi connectivity index (χ1v) is 6.79. The maximum absolute atomic E-state index is 11.9. The number of hydrogen-bond acceptors (Lipinski definition) is 4. The van der Waals surface area contributed by atoms with E-state index in [1.54, 1.807) is 24.3 Å². The van der Waals surface area contributed by atoms with Crippen LogP contribution in [0.4, 0.5) is 0 Å². The fourth-order valence-electron chi connectivity index (χ4n) is 1.87. The zero-order valence-electron chi connectivity index (χ0n) is 10.8. The summed E-state index contributed by atoms with van der Waals surface area (Å²) < 4.78 is 1.72. The zero-order valence-corrected chi connectivity index (χ0v) is 12.4. The minimum Gasteiger partial charge on any atom is -0.494 e. The third kappa shape index (κ3) is 3.22. The molecule has 0 saturated carbocycles. The lowest BCUT2D eigenvalue weighted by atomic mass is 10.1. The van der Waals surface area contributed by atoms with Gasteiger partial charge in [-0.25, -0.2) is 4.79 Å². The number of carbonyl (C=O) groups excluding carboxylic acids is 1. The summed E-state index contributed by atoms with van der Waals surface area (Å²) in [6.45, 7) is -0.111. The third-order valence-corrected chi connectivity index (χ3v) is 3.42. The summed E-state index contributed by atoms with van der Waals surface area (Å²) in [7, 11) is 0. The first kappa shape index (κ1) is 15.0. The second-order valence-corrected chi connectivity index (χ2v) is 5.25. The molecular formula is C13H12BrN3O4. The number of aromatic nitrogens is 2. The minimum atomic E-state index is -0.792. The Morgan fingerprint density at radius 2 is 1.90 bits per heavy atom. The van der Waals surface area contributed by atoms with Crippen LogP contribution in [-0.2, 0) is 11.3 Å². The van der Waals surface area contributed by atoms with Crippen LogP contribution in [0, 0.1) is 0 Å². The van der Waals surface area contributed by atoms with Gasteiger partial charge in [0.1, 0.15) is 5.56 Å². The van der Waals surface area contributed by atoms with Gasteiger partial charge < -0.3 is 10.8 Å². The highest BCUT2D eigenvalue weighted by atomic mass is 79.9. The van der Waals surface area contributed by atoms with Crippen molar-refractivity contribution in [3.63, 3.8) is 0 Å². The zero-order chi connectivity index (χ0) is 15.6. The number of carbonyl (C=O) groups is 1. The highest BCUT2D eigenvalue weighted by Crippen LogP contribution is 2.25. The number of rotatable bonds is 4. The lowest BCUT2D eigenvalue weighted by Gasteiger charge is -2.10. The Bertz CT molecular complexity index is 793. The minimum absolute atomic E-state index is 0.0356. The molecule has 4 N–H and O–H groups in total. The number of aromatic amines is 1. The van der Waals surface area contributed by atoms with Crippen LogP contribution in [0.25, 0.3) is 11.1 Å². The molecule has 21 heavy (non-hydrogen) atoms. The van der Waals surface area contributed by atoms with Gasteiger partial charge in [-0.1, -0.05) is 28.1 Å². The van der Waals surface area contributed by atoms with Crippen LogP contribution in [0.2, 0.25) is 0 Å². The highest BCUT2D eigenvalue weighted by molar-refractivity contribution is 9.10. The van der Waals surface area contributed by atoms with Crippen molar-refractivity contribution in [2.24, 2.45) is 5.73 Å². The molecule has 1 aromatic carbocycles. The molecule has 0 radical (unpaired) electrons. The van der Waals surface area contributed by atoms with E-state index in [1.165, 1.54) is 0 Å². The Labute approximate surface area is 127 Å². The van der Waals surface area contributed by atoms with Crippen LogP contribution in [0.5, 0.6) is 5.88 Å². The summed E-state index contributed by atoms with van der Waals surface area (Å²) >= 11 is 3.27. The Balaban J connectivity index is 2.58. The van der Waals surface area contributed by atoms with E-state index in [0.717, 1.165) is 9.04 Å². The molecule has 7 nitrogen and oxygen atoms in total. The van der Waals surface area contributed by atoms with Crippen LogP contribution in [0.3, 0.4) is 0 Å². The Morgan fingerprint density at radius 3 is 2.48 bits per heavy atom. The summed E-state index contributed by atoms with van der Waals surface area (Å²) in [6, 6.07) is 6.65. The van der Waals surface area contributed by atoms with Gasteiger partial charge >= 0.3 is 5.69 Å². The summed E-state index contributed by atoms with van der Waals surface area (Å²) in [6.07, 6.45) is -0.126. The highest BCUT2D eigenvalue weighted by Gasteiger charge is 2.16. The molecule has 0 saturated heterocycles. The predicted octanol–water partition coefficient (Wildman–Crippen LogP) is 0.547. The van der Waals surface area contributed by atoms with Crippen molar-refractivity contribution in [1.29, 1.82) is 0 Å². The van der Waals surface area contributed by atoms with Gasteiger partial charge in [0.2, 0.25) is 11.8 Å². The van der Waals surface area contributed by atoms with Crippen LogP contribution >= 0.6 is 15.9 Å². The van der Waals surface area contributed by atoms with E-state index in [1.807, 2.05) is 0 Å². The summed E-state index contributed by atoms with van der Waals surface area (Å²) in [5.41, 5.74) is 3.95. The largest absolute Gasteiger partial charge is 0.494 e. The van der Waals surface area contributed by atoms with E-state index in [9.17, 15) is 19.5 Å².